The van der Waals surface area contributed by atoms with Gasteiger partial charge >= 0.3 is 0 Å². The van der Waals surface area contributed by atoms with Crippen molar-refractivity contribution in [3.05, 3.63) is 66.7 Å². The summed E-state index contributed by atoms with van der Waals surface area (Å²) in [6.45, 7) is 5.06. The number of nitrogens with zero attached hydrogens (tertiary/aromatic N) is 5. The fraction of sp³-hybridized carbons (Fsp3) is 0.259. The zero-order chi connectivity index (χ0) is 24.8. The van der Waals surface area contributed by atoms with Gasteiger partial charge in [-0.2, -0.15) is 5.10 Å². The molecule has 0 spiro atoms. The van der Waals surface area contributed by atoms with Crippen LogP contribution < -0.4 is 10.5 Å². The first kappa shape index (κ1) is 23.8. The van der Waals surface area contributed by atoms with Gasteiger partial charge in [0.25, 0.3) is 0 Å². The highest BCUT2D eigenvalue weighted by atomic mass is 16.5. The highest BCUT2D eigenvalue weighted by Gasteiger charge is 2.27. The Hall–Kier alpha value is -4.38. The van der Waals surface area contributed by atoms with Crippen molar-refractivity contribution in [2.75, 3.05) is 18.8 Å². The average Bonchev–Trinajstić information content (AvgIpc) is 3.28. The fourth-order valence-electron chi connectivity index (χ4n) is 4.17. The van der Waals surface area contributed by atoms with Crippen molar-refractivity contribution in [1.82, 2.24) is 24.6 Å². The standard InChI is InChI=1S/C27H28N6O2/c1-4-7-9-21(6-3)35-22-12-10-19(11-13-22)25-24-26(28)29-18-30-27(24)33(31-25)20-14-16-32(17-15-20)23(34)8-5-2/h1,5-13,18,20H,14-17H2,2-3H3,(H2,28,29,30)/b8-5+,9-7-,21-6+. The van der Waals surface area contributed by atoms with E-state index in [1.807, 2.05) is 53.8 Å². The van der Waals surface area contributed by atoms with Crippen molar-refractivity contribution in [3.63, 3.8) is 0 Å². The average molecular weight is 469 g/mol. The van der Waals surface area contributed by atoms with Crippen LogP contribution >= 0.6 is 0 Å². The smallest absolute Gasteiger partial charge is 0.246 e. The lowest BCUT2D eigenvalue weighted by molar-refractivity contribution is -0.127. The van der Waals surface area contributed by atoms with Crippen molar-refractivity contribution in [3.8, 4) is 29.4 Å². The van der Waals surface area contributed by atoms with Gasteiger partial charge < -0.3 is 15.4 Å². The van der Waals surface area contributed by atoms with Gasteiger partial charge in [0.05, 0.1) is 11.4 Å². The lowest BCUT2D eigenvalue weighted by Crippen LogP contribution is -2.38. The van der Waals surface area contributed by atoms with Crippen molar-refractivity contribution in [1.29, 1.82) is 0 Å². The molecule has 1 fully saturated rings. The molecule has 4 rings (SSSR count). The number of terminal acetylenes is 1. The largest absolute Gasteiger partial charge is 0.458 e. The first-order chi connectivity index (χ1) is 17.0. The molecule has 178 valence electrons. The third-order valence-electron chi connectivity index (χ3n) is 5.94. The molecule has 1 aliphatic rings. The Labute approximate surface area is 204 Å². The van der Waals surface area contributed by atoms with E-state index in [2.05, 4.69) is 15.9 Å². The fourth-order valence-corrected chi connectivity index (χ4v) is 4.17. The van der Waals surface area contributed by atoms with Gasteiger partial charge in [-0.25, -0.2) is 14.6 Å². The lowest BCUT2D eigenvalue weighted by atomic mass is 10.1. The van der Waals surface area contributed by atoms with Gasteiger partial charge in [-0.3, -0.25) is 4.79 Å². The summed E-state index contributed by atoms with van der Waals surface area (Å²) in [5, 5.41) is 5.65. The summed E-state index contributed by atoms with van der Waals surface area (Å²) < 4.78 is 7.82. The third-order valence-corrected chi connectivity index (χ3v) is 5.94. The van der Waals surface area contributed by atoms with Crippen LogP contribution in [-0.2, 0) is 4.79 Å². The predicted molar refractivity (Wildman–Crippen MR) is 137 cm³/mol. The third kappa shape index (κ3) is 5.09. The van der Waals surface area contributed by atoms with Crippen LogP contribution in [-0.4, -0.2) is 43.6 Å². The van der Waals surface area contributed by atoms with E-state index in [1.54, 1.807) is 24.3 Å². The molecule has 3 heterocycles. The van der Waals surface area contributed by atoms with Crippen LogP contribution in [0.4, 0.5) is 5.82 Å². The molecule has 1 saturated heterocycles. The number of allylic oxidation sites excluding steroid dienone is 4. The van der Waals surface area contributed by atoms with Crippen LogP contribution in [0.25, 0.3) is 22.3 Å². The summed E-state index contributed by atoms with van der Waals surface area (Å²) in [4.78, 5) is 22.8. The molecule has 0 saturated carbocycles. The van der Waals surface area contributed by atoms with E-state index in [-0.39, 0.29) is 11.9 Å². The van der Waals surface area contributed by atoms with Gasteiger partial charge in [0.2, 0.25) is 5.91 Å². The Kier molecular flexibility index (Phi) is 7.27. The molecule has 8 heteroatoms. The van der Waals surface area contributed by atoms with Crippen LogP contribution in [0.15, 0.2) is 66.7 Å². The minimum atomic E-state index is 0.0432. The molecule has 8 nitrogen and oxygen atoms in total. The summed E-state index contributed by atoms with van der Waals surface area (Å²) in [6, 6.07) is 7.73. The van der Waals surface area contributed by atoms with E-state index in [9.17, 15) is 4.79 Å². The molecule has 0 aliphatic carbocycles. The number of carbonyl (C=O) groups is 1. The normalized spacial score (nSPS) is 15.2. The van der Waals surface area contributed by atoms with Gasteiger partial charge in [-0.15, -0.1) is 6.42 Å². The van der Waals surface area contributed by atoms with Gasteiger partial charge in [0.15, 0.2) is 5.65 Å². The monoisotopic (exact) mass is 468 g/mol. The Morgan fingerprint density at radius 2 is 1.91 bits per heavy atom. The predicted octanol–water partition coefficient (Wildman–Crippen LogP) is 4.29. The molecule has 0 bridgehead atoms. The molecule has 3 aromatic rings. The molecule has 0 atom stereocenters. The SMILES string of the molecule is C#C/C=C\C(=C/C)Oc1ccc(-c2nn(C3CCN(C(=O)/C=C/C)CC3)c3ncnc(N)c23)cc1. The molecule has 0 unspecified atom stereocenters. The number of hydrogen-bond acceptors (Lipinski definition) is 6. The van der Waals surface area contributed by atoms with Gasteiger partial charge in [-0.1, -0.05) is 12.0 Å². The number of fused-ring (bicyclic) bond motifs is 1. The number of nitrogen functional groups attached to an aromatic ring is 1. The minimum Gasteiger partial charge on any atom is -0.458 e. The molecule has 0 radical (unpaired) electrons. The summed E-state index contributed by atoms with van der Waals surface area (Å²) >= 11 is 0. The molecular formula is C27H28N6O2. The summed E-state index contributed by atoms with van der Waals surface area (Å²) in [6.07, 6.45) is 16.9. The van der Waals surface area contributed by atoms with E-state index in [1.165, 1.54) is 6.33 Å². The highest BCUT2D eigenvalue weighted by Crippen LogP contribution is 2.34. The summed E-state index contributed by atoms with van der Waals surface area (Å²) in [5.74, 6) is 4.21. The Balaban J connectivity index is 1.62. The van der Waals surface area contributed by atoms with Crippen molar-refractivity contribution >= 4 is 22.8 Å². The van der Waals surface area contributed by atoms with Gasteiger partial charge in [0, 0.05) is 18.7 Å². The van der Waals surface area contributed by atoms with Crippen molar-refractivity contribution in [2.45, 2.75) is 32.7 Å². The topological polar surface area (TPSA) is 99.2 Å². The number of piperidine rings is 1. The first-order valence-corrected chi connectivity index (χ1v) is 11.5. The minimum absolute atomic E-state index is 0.0432. The number of amides is 1. The van der Waals surface area contributed by atoms with Crippen LogP contribution in [0.3, 0.4) is 0 Å². The molecule has 1 aliphatic heterocycles. The van der Waals surface area contributed by atoms with Crippen LogP contribution in [0.2, 0.25) is 0 Å². The highest BCUT2D eigenvalue weighted by molar-refractivity contribution is 5.98. The number of carbonyl (C=O) groups excluding carboxylic acids is 1. The number of anilines is 1. The van der Waals surface area contributed by atoms with Crippen molar-refractivity contribution in [2.24, 2.45) is 0 Å². The zero-order valence-corrected chi connectivity index (χ0v) is 19.9. The molecule has 1 amide bonds. The molecule has 35 heavy (non-hydrogen) atoms. The molecule has 2 aromatic heterocycles. The molecule has 2 N–H and O–H groups in total. The maximum Gasteiger partial charge on any atom is 0.246 e. The number of ether oxygens (including phenoxy) is 1. The number of benzene rings is 1. The number of aromatic nitrogens is 4. The lowest BCUT2D eigenvalue weighted by Gasteiger charge is -2.31. The molecule has 1 aromatic carbocycles. The van der Waals surface area contributed by atoms with Gasteiger partial charge in [0.1, 0.15) is 29.3 Å². The van der Waals surface area contributed by atoms with E-state index < -0.39 is 0 Å². The Bertz CT molecular complexity index is 1340. The van der Waals surface area contributed by atoms with Gasteiger partial charge in [-0.05, 0) is 75.3 Å². The van der Waals surface area contributed by atoms with E-state index in [4.69, 9.17) is 22.0 Å². The maximum atomic E-state index is 12.2. The summed E-state index contributed by atoms with van der Waals surface area (Å²) in [7, 11) is 0. The first-order valence-electron chi connectivity index (χ1n) is 11.5. The number of hydrogen-bond donors (Lipinski definition) is 1. The van der Waals surface area contributed by atoms with E-state index >= 15 is 0 Å². The maximum absolute atomic E-state index is 12.2. The number of likely N-dealkylation sites (tertiary alicyclic amines) is 1. The van der Waals surface area contributed by atoms with E-state index in [0.717, 1.165) is 29.5 Å². The van der Waals surface area contributed by atoms with Crippen LogP contribution in [0.5, 0.6) is 5.75 Å². The quantitative estimate of drug-likeness (QED) is 0.251. The Morgan fingerprint density at radius 3 is 2.57 bits per heavy atom. The second kappa shape index (κ2) is 10.7. The molecular weight excluding hydrogens is 440 g/mol. The summed E-state index contributed by atoms with van der Waals surface area (Å²) in [5.41, 5.74) is 8.57. The van der Waals surface area contributed by atoms with Crippen molar-refractivity contribution < 1.29 is 9.53 Å². The number of nitrogens with two attached hydrogens (primary N) is 1. The van der Waals surface area contributed by atoms with Crippen LogP contribution in [0, 0.1) is 12.3 Å². The van der Waals surface area contributed by atoms with Crippen LogP contribution in [0.1, 0.15) is 32.7 Å². The second-order valence-corrected chi connectivity index (χ2v) is 8.12. The van der Waals surface area contributed by atoms with E-state index in [0.29, 0.717) is 36.1 Å². The Morgan fingerprint density at radius 1 is 1.17 bits per heavy atom. The second-order valence-electron chi connectivity index (χ2n) is 8.12. The zero-order valence-electron chi connectivity index (χ0n) is 19.9. The number of rotatable bonds is 6.